The van der Waals surface area contributed by atoms with Gasteiger partial charge in [-0.15, -0.1) is 0 Å². The lowest BCUT2D eigenvalue weighted by molar-refractivity contribution is -0.116. The summed E-state index contributed by atoms with van der Waals surface area (Å²) in [5, 5.41) is 14.9. The molecule has 0 saturated heterocycles. The van der Waals surface area contributed by atoms with Crippen molar-refractivity contribution in [2.24, 2.45) is 0 Å². The number of hydrogen-bond donors (Lipinski definition) is 3. The summed E-state index contributed by atoms with van der Waals surface area (Å²) in [5.74, 6) is -1.17. The van der Waals surface area contributed by atoms with Crippen LogP contribution in [0.4, 0.5) is 15.8 Å². The molecule has 2 aromatic carbocycles. The van der Waals surface area contributed by atoms with Crippen molar-refractivity contribution in [3.05, 3.63) is 53.8 Å². The van der Waals surface area contributed by atoms with Gasteiger partial charge in [-0.1, -0.05) is 24.1 Å². The third-order valence-corrected chi connectivity index (χ3v) is 3.88. The highest BCUT2D eigenvalue weighted by molar-refractivity contribution is 5.92. The normalized spacial score (nSPS) is 10.4. The van der Waals surface area contributed by atoms with Gasteiger partial charge in [-0.05, 0) is 44.0 Å². The van der Waals surface area contributed by atoms with Crippen LogP contribution in [0.25, 0.3) is 0 Å². The zero-order valence-electron chi connectivity index (χ0n) is 14.7. The molecule has 0 aliphatic heterocycles. The van der Waals surface area contributed by atoms with E-state index in [2.05, 4.69) is 10.6 Å². The van der Waals surface area contributed by atoms with Gasteiger partial charge in [0.1, 0.15) is 11.6 Å². The summed E-state index contributed by atoms with van der Waals surface area (Å²) in [6.07, 6.45) is 2.73. The molecule has 5 nitrogen and oxygen atoms in total. The number of halogens is 1. The Labute approximate surface area is 152 Å². The van der Waals surface area contributed by atoms with Gasteiger partial charge in [-0.2, -0.15) is 0 Å². The van der Waals surface area contributed by atoms with Gasteiger partial charge in [-0.3, -0.25) is 9.59 Å². The summed E-state index contributed by atoms with van der Waals surface area (Å²) in [5.41, 5.74) is 2.10. The van der Waals surface area contributed by atoms with Crippen LogP contribution in [0, 0.1) is 12.7 Å². The van der Waals surface area contributed by atoms with Crippen LogP contribution in [-0.2, 0) is 9.59 Å². The number of carbonyl (C=O) groups excluding carboxylic acids is 2. The highest BCUT2D eigenvalue weighted by Gasteiger charge is 2.08. The number of benzene rings is 2. The Bertz CT molecular complexity index is 760. The van der Waals surface area contributed by atoms with Crippen molar-refractivity contribution in [1.82, 2.24) is 0 Å². The summed E-state index contributed by atoms with van der Waals surface area (Å²) >= 11 is 0. The molecule has 0 saturated carbocycles. The van der Waals surface area contributed by atoms with E-state index in [1.807, 2.05) is 31.2 Å². The van der Waals surface area contributed by atoms with Crippen LogP contribution >= 0.6 is 0 Å². The van der Waals surface area contributed by atoms with E-state index in [1.54, 1.807) is 0 Å². The standard InChI is InChI=1S/C20H23FN2O3/c1-14-7-10-16(11-8-14)22-19(25)5-3-2-4-6-20(26)23-17-12-9-15(21)13-18(17)24/h7-13,24H,2-6H2,1H3,(H,22,25)(H,23,26). The molecule has 0 aliphatic carbocycles. The SMILES string of the molecule is Cc1ccc(NC(=O)CCCCCC(=O)Nc2ccc(F)cc2O)cc1. The Morgan fingerprint density at radius 2 is 1.54 bits per heavy atom. The van der Waals surface area contributed by atoms with E-state index in [4.69, 9.17) is 0 Å². The molecule has 0 aliphatic rings. The zero-order chi connectivity index (χ0) is 18.9. The van der Waals surface area contributed by atoms with Gasteiger partial charge in [-0.25, -0.2) is 4.39 Å². The second kappa shape index (κ2) is 9.56. The topological polar surface area (TPSA) is 78.4 Å². The van der Waals surface area contributed by atoms with Gasteiger partial charge in [0.2, 0.25) is 11.8 Å². The van der Waals surface area contributed by atoms with Crippen molar-refractivity contribution < 1.29 is 19.1 Å². The minimum absolute atomic E-state index is 0.0467. The Morgan fingerprint density at radius 3 is 2.15 bits per heavy atom. The van der Waals surface area contributed by atoms with Crippen LogP contribution in [0.15, 0.2) is 42.5 Å². The van der Waals surface area contributed by atoms with Crippen LogP contribution < -0.4 is 10.6 Å². The van der Waals surface area contributed by atoms with Gasteiger partial charge < -0.3 is 15.7 Å². The molecule has 2 amide bonds. The smallest absolute Gasteiger partial charge is 0.224 e. The molecule has 0 heterocycles. The van der Waals surface area contributed by atoms with Gasteiger partial charge >= 0.3 is 0 Å². The summed E-state index contributed by atoms with van der Waals surface area (Å²) in [4.78, 5) is 23.7. The van der Waals surface area contributed by atoms with E-state index >= 15 is 0 Å². The first-order valence-corrected chi connectivity index (χ1v) is 8.59. The number of aryl methyl sites for hydroxylation is 1. The molecule has 0 bridgehead atoms. The Morgan fingerprint density at radius 1 is 0.923 bits per heavy atom. The predicted octanol–water partition coefficient (Wildman–Crippen LogP) is 4.37. The molecule has 0 atom stereocenters. The fourth-order valence-corrected chi connectivity index (χ4v) is 2.43. The van der Waals surface area contributed by atoms with E-state index in [0.717, 1.165) is 23.7 Å². The van der Waals surface area contributed by atoms with Crippen molar-refractivity contribution >= 4 is 23.2 Å². The molecule has 3 N–H and O–H groups in total. The molecule has 0 unspecified atom stereocenters. The lowest BCUT2D eigenvalue weighted by atomic mass is 10.1. The zero-order valence-corrected chi connectivity index (χ0v) is 14.7. The summed E-state index contributed by atoms with van der Waals surface area (Å²) in [7, 11) is 0. The number of phenols is 1. The maximum atomic E-state index is 12.9. The maximum Gasteiger partial charge on any atom is 0.224 e. The van der Waals surface area contributed by atoms with E-state index in [-0.39, 0.29) is 29.7 Å². The van der Waals surface area contributed by atoms with E-state index in [0.29, 0.717) is 19.3 Å². The molecule has 0 spiro atoms. The number of hydrogen-bond acceptors (Lipinski definition) is 3. The molecule has 0 fully saturated rings. The average Bonchev–Trinajstić information content (AvgIpc) is 2.59. The summed E-state index contributed by atoms with van der Waals surface area (Å²) < 4.78 is 12.9. The highest BCUT2D eigenvalue weighted by atomic mass is 19.1. The predicted molar refractivity (Wildman–Crippen MR) is 99.6 cm³/mol. The number of anilines is 2. The van der Waals surface area contributed by atoms with E-state index in [9.17, 15) is 19.1 Å². The Balaban J connectivity index is 1.61. The minimum Gasteiger partial charge on any atom is -0.506 e. The second-order valence-corrected chi connectivity index (χ2v) is 6.18. The van der Waals surface area contributed by atoms with Gasteiger partial charge in [0.25, 0.3) is 0 Å². The fourth-order valence-electron chi connectivity index (χ4n) is 2.43. The van der Waals surface area contributed by atoms with Crippen molar-refractivity contribution in [2.45, 2.75) is 39.0 Å². The van der Waals surface area contributed by atoms with Crippen molar-refractivity contribution in [1.29, 1.82) is 0 Å². The fraction of sp³-hybridized carbons (Fsp3) is 0.300. The third kappa shape index (κ3) is 6.55. The van der Waals surface area contributed by atoms with Crippen molar-refractivity contribution in [3.8, 4) is 5.75 Å². The third-order valence-electron chi connectivity index (χ3n) is 3.88. The van der Waals surface area contributed by atoms with Gasteiger partial charge in [0, 0.05) is 24.6 Å². The van der Waals surface area contributed by atoms with Crippen molar-refractivity contribution in [3.63, 3.8) is 0 Å². The summed E-state index contributed by atoms with van der Waals surface area (Å²) in [6.45, 7) is 1.99. The highest BCUT2D eigenvalue weighted by Crippen LogP contribution is 2.23. The maximum absolute atomic E-state index is 12.9. The largest absolute Gasteiger partial charge is 0.506 e. The Kier molecular flexibility index (Phi) is 7.14. The first kappa shape index (κ1) is 19.4. The number of rotatable bonds is 8. The molecule has 138 valence electrons. The van der Waals surface area contributed by atoms with Gasteiger partial charge in [0.15, 0.2) is 0 Å². The number of amides is 2. The van der Waals surface area contributed by atoms with Crippen LogP contribution in [0.2, 0.25) is 0 Å². The molecular formula is C20H23FN2O3. The molecule has 2 aromatic rings. The number of phenolic OH excluding ortho intramolecular Hbond substituents is 1. The second-order valence-electron chi connectivity index (χ2n) is 6.18. The van der Waals surface area contributed by atoms with Crippen LogP contribution in [0.5, 0.6) is 5.75 Å². The van der Waals surface area contributed by atoms with Gasteiger partial charge in [0.05, 0.1) is 5.69 Å². The van der Waals surface area contributed by atoms with E-state index < -0.39 is 5.82 Å². The first-order valence-electron chi connectivity index (χ1n) is 8.59. The molecule has 26 heavy (non-hydrogen) atoms. The summed E-state index contributed by atoms with van der Waals surface area (Å²) in [6, 6.07) is 11.0. The lowest BCUT2D eigenvalue weighted by Crippen LogP contribution is -2.12. The molecule has 6 heteroatoms. The number of nitrogens with one attached hydrogen (secondary N) is 2. The van der Waals surface area contributed by atoms with Crippen LogP contribution in [-0.4, -0.2) is 16.9 Å². The monoisotopic (exact) mass is 358 g/mol. The van der Waals surface area contributed by atoms with Crippen molar-refractivity contribution in [2.75, 3.05) is 10.6 Å². The molecule has 0 radical (unpaired) electrons. The number of carbonyl (C=O) groups is 2. The quantitative estimate of drug-likeness (QED) is 0.484. The average molecular weight is 358 g/mol. The molecule has 2 rings (SSSR count). The lowest BCUT2D eigenvalue weighted by Gasteiger charge is -2.07. The van der Waals surface area contributed by atoms with Crippen LogP contribution in [0.1, 0.15) is 37.7 Å². The first-order chi connectivity index (χ1) is 12.4. The molecule has 0 aromatic heterocycles. The minimum atomic E-state index is -0.565. The van der Waals surface area contributed by atoms with E-state index in [1.165, 1.54) is 12.1 Å². The molecular weight excluding hydrogens is 335 g/mol. The Hall–Kier alpha value is -2.89. The van der Waals surface area contributed by atoms with Crippen LogP contribution in [0.3, 0.4) is 0 Å². The number of aromatic hydroxyl groups is 1. The number of unbranched alkanes of at least 4 members (excludes halogenated alkanes) is 2.